The molecule has 3 N–H and O–H groups in total. The van der Waals surface area contributed by atoms with Crippen LogP contribution in [0.2, 0.25) is 10.0 Å². The molecule has 0 heterocycles. The third-order valence-corrected chi connectivity index (χ3v) is 6.18. The Morgan fingerprint density at radius 1 is 1.03 bits per heavy atom. The normalized spacial score (nSPS) is 14.8. The Hall–Kier alpha value is -3.13. The van der Waals surface area contributed by atoms with Crippen molar-refractivity contribution in [1.29, 1.82) is 0 Å². The van der Waals surface area contributed by atoms with Gasteiger partial charge in [-0.1, -0.05) is 35.3 Å². The summed E-state index contributed by atoms with van der Waals surface area (Å²) < 4.78 is 0. The molecule has 3 aromatic carbocycles. The van der Waals surface area contributed by atoms with Crippen LogP contribution in [0.1, 0.15) is 27.0 Å². The van der Waals surface area contributed by atoms with Gasteiger partial charge < -0.3 is 15.7 Å². The number of nitro groups is 1. The highest BCUT2D eigenvalue weighted by atomic mass is 35.5. The van der Waals surface area contributed by atoms with Crippen LogP contribution < -0.4 is 10.6 Å². The summed E-state index contributed by atoms with van der Waals surface area (Å²) in [6.45, 7) is 0.672. The van der Waals surface area contributed by atoms with E-state index in [4.69, 9.17) is 23.2 Å². The monoisotopic (exact) mass is 471 g/mol. The molecule has 0 fully saturated rings. The molecule has 1 aliphatic carbocycles. The van der Waals surface area contributed by atoms with Gasteiger partial charge in [0.05, 0.1) is 26.2 Å². The summed E-state index contributed by atoms with van der Waals surface area (Å²) in [5.41, 5.74) is 4.06. The average Bonchev–Trinajstić information content (AvgIpc) is 3.16. The molecule has 4 rings (SSSR count). The largest absolute Gasteiger partial charge is 0.478 e. The van der Waals surface area contributed by atoms with Gasteiger partial charge >= 0.3 is 5.97 Å². The van der Waals surface area contributed by atoms with E-state index in [0.717, 1.165) is 30.2 Å². The van der Waals surface area contributed by atoms with Crippen LogP contribution in [0, 0.1) is 10.1 Å². The number of nitrogens with one attached hydrogen (secondary N) is 2. The fraction of sp³-hybridized carbons (Fsp3) is 0.174. The maximum absolute atomic E-state index is 11.6. The molecule has 3 aromatic rings. The lowest BCUT2D eigenvalue weighted by Crippen LogP contribution is -2.28. The number of carboxylic acids is 1. The molecule has 0 amide bonds. The Kier molecular flexibility index (Phi) is 6.32. The van der Waals surface area contributed by atoms with Gasteiger partial charge in [-0.05, 0) is 59.9 Å². The highest BCUT2D eigenvalue weighted by molar-refractivity contribution is 6.42. The van der Waals surface area contributed by atoms with E-state index < -0.39 is 10.9 Å². The van der Waals surface area contributed by atoms with Gasteiger partial charge in [-0.15, -0.1) is 0 Å². The van der Waals surface area contributed by atoms with Crippen LogP contribution in [0.4, 0.5) is 17.1 Å². The van der Waals surface area contributed by atoms with Gasteiger partial charge in [0, 0.05) is 30.4 Å². The number of hydrogen-bond acceptors (Lipinski definition) is 5. The summed E-state index contributed by atoms with van der Waals surface area (Å²) in [6.07, 6.45) is 1.72. The van der Waals surface area contributed by atoms with Crippen molar-refractivity contribution in [2.75, 3.05) is 5.32 Å². The van der Waals surface area contributed by atoms with Gasteiger partial charge in [0.2, 0.25) is 0 Å². The summed E-state index contributed by atoms with van der Waals surface area (Å²) in [5, 5.41) is 28.1. The number of fused-ring (bicyclic) bond motifs is 1. The summed E-state index contributed by atoms with van der Waals surface area (Å²) in [5.74, 6) is -1.23. The first-order chi connectivity index (χ1) is 15.3. The maximum atomic E-state index is 11.6. The van der Waals surface area contributed by atoms with E-state index in [-0.39, 0.29) is 17.3 Å². The third kappa shape index (κ3) is 4.85. The molecule has 0 saturated carbocycles. The van der Waals surface area contributed by atoms with Crippen molar-refractivity contribution in [3.05, 3.63) is 97.0 Å². The molecule has 0 bridgehead atoms. The Morgan fingerprint density at radius 3 is 2.53 bits per heavy atom. The van der Waals surface area contributed by atoms with Crippen LogP contribution in [0.5, 0.6) is 0 Å². The Labute approximate surface area is 194 Å². The van der Waals surface area contributed by atoms with Crippen molar-refractivity contribution < 1.29 is 14.8 Å². The number of carbonyl (C=O) groups is 1. The zero-order valence-corrected chi connectivity index (χ0v) is 18.3. The fourth-order valence-corrected chi connectivity index (χ4v) is 4.16. The second-order valence-corrected chi connectivity index (χ2v) is 8.45. The van der Waals surface area contributed by atoms with Crippen LogP contribution in [0.15, 0.2) is 54.6 Å². The predicted octanol–water partition coefficient (Wildman–Crippen LogP) is 5.60. The van der Waals surface area contributed by atoms with E-state index in [1.54, 1.807) is 6.07 Å². The molecule has 164 valence electrons. The van der Waals surface area contributed by atoms with E-state index in [1.165, 1.54) is 23.3 Å². The molecule has 1 aliphatic rings. The average molecular weight is 472 g/mol. The molecule has 0 aliphatic heterocycles. The van der Waals surface area contributed by atoms with E-state index in [0.29, 0.717) is 22.3 Å². The van der Waals surface area contributed by atoms with Crippen molar-refractivity contribution in [2.45, 2.75) is 25.4 Å². The van der Waals surface area contributed by atoms with Crippen molar-refractivity contribution in [3.8, 4) is 0 Å². The SMILES string of the molecule is O=C(O)c1cc([N+](=O)[O-])ccc1Nc1ccc2c(c1)CC(NCc1ccc(Cl)c(Cl)c1)C2. The van der Waals surface area contributed by atoms with Crippen LogP contribution in [0.25, 0.3) is 0 Å². The number of carboxylic acid groups (broad SMARTS) is 1. The van der Waals surface area contributed by atoms with E-state index in [1.807, 2.05) is 30.3 Å². The predicted molar refractivity (Wildman–Crippen MR) is 124 cm³/mol. The highest BCUT2D eigenvalue weighted by Crippen LogP contribution is 2.30. The first kappa shape index (κ1) is 22.1. The Bertz CT molecular complexity index is 1220. The second-order valence-electron chi connectivity index (χ2n) is 7.64. The number of rotatable bonds is 7. The first-order valence-electron chi connectivity index (χ1n) is 9.88. The zero-order chi connectivity index (χ0) is 22.8. The molecule has 0 spiro atoms. The summed E-state index contributed by atoms with van der Waals surface area (Å²) in [7, 11) is 0. The van der Waals surface area contributed by atoms with Gasteiger partial charge in [0.1, 0.15) is 0 Å². The van der Waals surface area contributed by atoms with Gasteiger partial charge in [-0.25, -0.2) is 4.79 Å². The van der Waals surface area contributed by atoms with Gasteiger partial charge in [-0.2, -0.15) is 0 Å². The topological polar surface area (TPSA) is 104 Å². The molecule has 9 heteroatoms. The number of nitro benzene ring substituents is 1. The van der Waals surface area contributed by atoms with E-state index >= 15 is 0 Å². The number of halogens is 2. The zero-order valence-electron chi connectivity index (χ0n) is 16.8. The van der Waals surface area contributed by atoms with Crippen LogP contribution in [-0.4, -0.2) is 22.0 Å². The maximum Gasteiger partial charge on any atom is 0.338 e. The molecule has 0 aromatic heterocycles. The molecule has 1 unspecified atom stereocenters. The van der Waals surface area contributed by atoms with E-state index in [9.17, 15) is 20.0 Å². The number of nitrogens with zero attached hydrogens (tertiary/aromatic N) is 1. The number of aromatic carboxylic acids is 1. The Morgan fingerprint density at radius 2 is 1.81 bits per heavy atom. The number of non-ortho nitro benzene ring substituents is 1. The Balaban J connectivity index is 1.44. The quantitative estimate of drug-likeness (QED) is 0.306. The first-order valence-corrected chi connectivity index (χ1v) is 10.6. The molecule has 1 atom stereocenters. The minimum atomic E-state index is -1.23. The lowest BCUT2D eigenvalue weighted by Gasteiger charge is -2.12. The summed E-state index contributed by atoms with van der Waals surface area (Å²) >= 11 is 12.1. The molecule has 0 saturated heterocycles. The number of hydrogen-bond donors (Lipinski definition) is 3. The lowest BCUT2D eigenvalue weighted by atomic mass is 10.1. The lowest BCUT2D eigenvalue weighted by molar-refractivity contribution is -0.384. The third-order valence-electron chi connectivity index (χ3n) is 5.44. The minimum absolute atomic E-state index is 0.152. The van der Waals surface area contributed by atoms with Gasteiger partial charge in [0.25, 0.3) is 5.69 Å². The van der Waals surface area contributed by atoms with Crippen molar-refractivity contribution >= 4 is 46.2 Å². The van der Waals surface area contributed by atoms with Crippen molar-refractivity contribution in [1.82, 2.24) is 5.32 Å². The highest BCUT2D eigenvalue weighted by Gasteiger charge is 2.22. The molecule has 7 nitrogen and oxygen atoms in total. The molecular weight excluding hydrogens is 453 g/mol. The van der Waals surface area contributed by atoms with Gasteiger partial charge in [-0.3, -0.25) is 10.1 Å². The van der Waals surface area contributed by atoms with Gasteiger partial charge in [0.15, 0.2) is 0 Å². The molecule has 32 heavy (non-hydrogen) atoms. The van der Waals surface area contributed by atoms with Crippen LogP contribution >= 0.6 is 23.2 Å². The standard InChI is InChI=1S/C23H19Cl2N3O4/c24-20-5-1-13(7-21(20)25)12-26-17-8-14-2-3-16(9-15(14)10-17)27-22-6-4-18(28(31)32)11-19(22)23(29)30/h1-7,9,11,17,26-27H,8,10,12H2,(H,29,30). The van der Waals surface area contributed by atoms with Crippen LogP contribution in [0.3, 0.4) is 0 Å². The minimum Gasteiger partial charge on any atom is -0.478 e. The summed E-state index contributed by atoms with van der Waals surface area (Å²) in [4.78, 5) is 21.9. The molecular formula is C23H19Cl2N3O4. The van der Waals surface area contributed by atoms with Crippen molar-refractivity contribution in [3.63, 3.8) is 0 Å². The second kappa shape index (κ2) is 9.16. The molecule has 0 radical (unpaired) electrons. The number of anilines is 2. The van der Waals surface area contributed by atoms with Crippen molar-refractivity contribution in [2.24, 2.45) is 0 Å². The summed E-state index contributed by atoms with van der Waals surface area (Å²) in [6, 6.07) is 15.5. The van der Waals surface area contributed by atoms with E-state index in [2.05, 4.69) is 10.6 Å². The number of benzene rings is 3. The van der Waals surface area contributed by atoms with Crippen LogP contribution in [-0.2, 0) is 19.4 Å². The fourth-order valence-electron chi connectivity index (χ4n) is 3.84. The smallest absolute Gasteiger partial charge is 0.338 e.